The van der Waals surface area contributed by atoms with E-state index in [0.29, 0.717) is 11.8 Å². The van der Waals surface area contributed by atoms with Crippen molar-refractivity contribution in [3.8, 4) is 5.75 Å². The largest absolute Gasteiger partial charge is 0.508 e. The van der Waals surface area contributed by atoms with Crippen LogP contribution >= 0.6 is 0 Å². The summed E-state index contributed by atoms with van der Waals surface area (Å²) in [5.41, 5.74) is 1.25. The number of nitrogens with one attached hydrogen (secondary N) is 1. The Bertz CT molecular complexity index is 230. The highest BCUT2D eigenvalue weighted by Crippen LogP contribution is 2.10. The van der Waals surface area contributed by atoms with E-state index in [1.807, 2.05) is 19.2 Å². The zero-order chi connectivity index (χ0) is 8.97. The summed E-state index contributed by atoms with van der Waals surface area (Å²) in [7, 11) is 1.95. The van der Waals surface area contributed by atoms with E-state index in [4.69, 9.17) is 5.11 Å². The fraction of sp³-hybridized carbons (Fsp3) is 0.455. The van der Waals surface area contributed by atoms with E-state index in [9.17, 15) is 0 Å². The minimum absolute atomic E-state index is 0. The monoisotopic (exact) mass is 181 g/mol. The maximum atomic E-state index is 9.03. The third kappa shape index (κ3) is 3.95. The first-order chi connectivity index (χ1) is 5.72. The lowest BCUT2D eigenvalue weighted by atomic mass is 10.1. The Kier molecular flexibility index (Phi) is 5.16. The topological polar surface area (TPSA) is 32.3 Å². The lowest BCUT2D eigenvalue weighted by Gasteiger charge is -2.09. The van der Waals surface area contributed by atoms with Gasteiger partial charge in [-0.1, -0.05) is 19.6 Å². The normalized spacial score (nSPS) is 11.8. The number of hydrogen-bond donors (Lipinski definition) is 2. The van der Waals surface area contributed by atoms with E-state index in [0.717, 1.165) is 6.42 Å². The highest BCUT2D eigenvalue weighted by atomic mass is 16.3. The zero-order valence-corrected chi connectivity index (χ0v) is 7.54. The quantitative estimate of drug-likeness (QED) is 0.749. The van der Waals surface area contributed by atoms with Crippen LogP contribution in [0.3, 0.4) is 0 Å². The third-order valence-electron chi connectivity index (χ3n) is 1.97. The van der Waals surface area contributed by atoms with Gasteiger partial charge in [-0.3, -0.25) is 0 Å². The van der Waals surface area contributed by atoms with Crippen LogP contribution in [0.4, 0.5) is 0 Å². The van der Waals surface area contributed by atoms with Gasteiger partial charge in [0.2, 0.25) is 0 Å². The fourth-order valence-corrected chi connectivity index (χ4v) is 1.09. The maximum absolute atomic E-state index is 9.03. The van der Waals surface area contributed by atoms with E-state index in [-0.39, 0.29) is 7.43 Å². The molecular weight excluding hydrogens is 162 g/mol. The summed E-state index contributed by atoms with van der Waals surface area (Å²) in [5.74, 6) is 0.330. The molecule has 0 aliphatic rings. The minimum atomic E-state index is 0. The molecule has 0 unspecified atom stereocenters. The van der Waals surface area contributed by atoms with Gasteiger partial charge in [-0.15, -0.1) is 0 Å². The average Bonchev–Trinajstić information content (AvgIpc) is 2.09. The van der Waals surface area contributed by atoms with Gasteiger partial charge in [0.15, 0.2) is 0 Å². The molecule has 0 saturated heterocycles. The second kappa shape index (κ2) is 5.60. The smallest absolute Gasteiger partial charge is 0.115 e. The molecule has 0 aliphatic carbocycles. The first-order valence-electron chi connectivity index (χ1n) is 4.17. The van der Waals surface area contributed by atoms with Gasteiger partial charge < -0.3 is 10.4 Å². The number of phenols is 1. The number of aromatic hydroxyl groups is 1. The Morgan fingerprint density at radius 1 is 1.31 bits per heavy atom. The molecule has 1 rings (SSSR count). The molecule has 0 aromatic heterocycles. The van der Waals surface area contributed by atoms with Crippen LogP contribution in [0.1, 0.15) is 19.9 Å². The standard InChI is InChI=1S/C10H15NO.CH4/c1-8(11-2)7-9-3-5-10(12)6-4-9;/h3-6,8,11-12H,7H2,1-2H3;1H4/t8-;/m0./s1. The van der Waals surface area contributed by atoms with Crippen LogP contribution in [0.2, 0.25) is 0 Å². The van der Waals surface area contributed by atoms with Crippen molar-refractivity contribution in [2.45, 2.75) is 26.8 Å². The van der Waals surface area contributed by atoms with Crippen LogP contribution in [0.5, 0.6) is 5.75 Å². The van der Waals surface area contributed by atoms with Crippen molar-refractivity contribution in [2.24, 2.45) is 0 Å². The van der Waals surface area contributed by atoms with Crippen LogP contribution in [0.15, 0.2) is 24.3 Å². The first-order valence-corrected chi connectivity index (χ1v) is 4.17. The highest BCUT2D eigenvalue weighted by Gasteiger charge is 1.99. The summed E-state index contributed by atoms with van der Waals surface area (Å²) in [6.45, 7) is 2.13. The molecule has 2 N–H and O–H groups in total. The Balaban J connectivity index is 0.00000144. The van der Waals surface area contributed by atoms with E-state index in [1.165, 1.54) is 5.56 Å². The van der Waals surface area contributed by atoms with Gasteiger partial charge >= 0.3 is 0 Å². The van der Waals surface area contributed by atoms with Gasteiger partial charge in [0.1, 0.15) is 5.75 Å². The zero-order valence-electron chi connectivity index (χ0n) is 7.54. The van der Waals surface area contributed by atoms with Crippen molar-refractivity contribution >= 4 is 0 Å². The molecule has 2 heteroatoms. The van der Waals surface area contributed by atoms with E-state index >= 15 is 0 Å². The lowest BCUT2D eigenvalue weighted by molar-refractivity contribution is 0.475. The molecule has 0 amide bonds. The van der Waals surface area contributed by atoms with Gasteiger partial charge in [0.05, 0.1) is 0 Å². The maximum Gasteiger partial charge on any atom is 0.115 e. The predicted molar refractivity (Wildman–Crippen MR) is 57.1 cm³/mol. The summed E-state index contributed by atoms with van der Waals surface area (Å²) >= 11 is 0. The molecule has 1 atom stereocenters. The van der Waals surface area contributed by atoms with Gasteiger partial charge in [-0.25, -0.2) is 0 Å². The summed E-state index contributed by atoms with van der Waals surface area (Å²) in [4.78, 5) is 0. The molecule has 0 saturated carbocycles. The Labute approximate surface area is 80.6 Å². The molecule has 1 aromatic rings. The van der Waals surface area contributed by atoms with Crippen molar-refractivity contribution in [1.82, 2.24) is 5.32 Å². The van der Waals surface area contributed by atoms with Gasteiger partial charge in [-0.05, 0) is 38.1 Å². The molecule has 1 aromatic carbocycles. The number of likely N-dealkylation sites (N-methyl/N-ethyl adjacent to an activating group) is 1. The molecule has 13 heavy (non-hydrogen) atoms. The van der Waals surface area contributed by atoms with E-state index in [2.05, 4.69) is 12.2 Å². The van der Waals surface area contributed by atoms with Crippen LogP contribution < -0.4 is 5.32 Å². The Morgan fingerprint density at radius 3 is 2.31 bits per heavy atom. The summed E-state index contributed by atoms with van der Waals surface area (Å²) in [6, 6.07) is 7.82. The van der Waals surface area contributed by atoms with E-state index < -0.39 is 0 Å². The molecule has 0 aliphatic heterocycles. The molecule has 74 valence electrons. The molecule has 0 spiro atoms. The van der Waals surface area contributed by atoms with Crippen molar-refractivity contribution in [3.63, 3.8) is 0 Å². The first kappa shape index (κ1) is 12.0. The number of rotatable bonds is 3. The molecule has 0 heterocycles. The summed E-state index contributed by atoms with van der Waals surface area (Å²) < 4.78 is 0. The van der Waals surface area contributed by atoms with E-state index in [1.54, 1.807) is 12.1 Å². The third-order valence-corrected chi connectivity index (χ3v) is 1.97. The molecule has 2 nitrogen and oxygen atoms in total. The number of hydrogen-bond acceptors (Lipinski definition) is 2. The fourth-order valence-electron chi connectivity index (χ4n) is 1.09. The lowest BCUT2D eigenvalue weighted by Crippen LogP contribution is -2.23. The van der Waals surface area contributed by atoms with Crippen LogP contribution in [0, 0.1) is 0 Å². The van der Waals surface area contributed by atoms with Gasteiger partial charge in [-0.2, -0.15) is 0 Å². The predicted octanol–water partition coefficient (Wildman–Crippen LogP) is 2.18. The van der Waals surface area contributed by atoms with Crippen molar-refractivity contribution < 1.29 is 5.11 Å². The number of benzene rings is 1. The van der Waals surface area contributed by atoms with Gasteiger partial charge in [0, 0.05) is 6.04 Å². The molecular formula is C11H19NO. The van der Waals surface area contributed by atoms with Crippen molar-refractivity contribution in [2.75, 3.05) is 7.05 Å². The Hall–Kier alpha value is -1.02. The minimum Gasteiger partial charge on any atom is -0.508 e. The molecule has 0 radical (unpaired) electrons. The highest BCUT2D eigenvalue weighted by molar-refractivity contribution is 5.26. The Morgan fingerprint density at radius 2 is 1.85 bits per heavy atom. The van der Waals surface area contributed by atoms with Gasteiger partial charge in [0.25, 0.3) is 0 Å². The molecule has 0 fully saturated rings. The summed E-state index contributed by atoms with van der Waals surface area (Å²) in [6.07, 6.45) is 0.997. The van der Waals surface area contributed by atoms with Crippen LogP contribution in [-0.4, -0.2) is 18.2 Å². The second-order valence-electron chi connectivity index (χ2n) is 3.06. The van der Waals surface area contributed by atoms with Crippen molar-refractivity contribution in [3.05, 3.63) is 29.8 Å². The van der Waals surface area contributed by atoms with Crippen LogP contribution in [-0.2, 0) is 6.42 Å². The van der Waals surface area contributed by atoms with Crippen molar-refractivity contribution in [1.29, 1.82) is 0 Å². The van der Waals surface area contributed by atoms with Crippen LogP contribution in [0.25, 0.3) is 0 Å². The number of phenolic OH excluding ortho intramolecular Hbond substituents is 1. The summed E-state index contributed by atoms with van der Waals surface area (Å²) in [5, 5.41) is 12.2. The molecule has 0 bridgehead atoms. The second-order valence-corrected chi connectivity index (χ2v) is 3.06. The average molecular weight is 181 g/mol. The SMILES string of the molecule is C.CN[C@@H](C)Cc1ccc(O)cc1.